The molecule has 0 saturated carbocycles. The molecule has 0 aliphatic carbocycles. The Balaban J connectivity index is 2.16. The molecule has 1 aromatic heterocycles. The summed E-state index contributed by atoms with van der Waals surface area (Å²) in [7, 11) is 1.87. The topological polar surface area (TPSA) is 73.4 Å². The van der Waals surface area contributed by atoms with Crippen molar-refractivity contribution in [3.63, 3.8) is 0 Å². The van der Waals surface area contributed by atoms with Crippen molar-refractivity contribution in [3.8, 4) is 0 Å². The van der Waals surface area contributed by atoms with E-state index in [4.69, 9.17) is 10.5 Å². The van der Waals surface area contributed by atoms with E-state index in [1.165, 1.54) is 0 Å². The highest BCUT2D eigenvalue weighted by molar-refractivity contribution is 5.82. The largest absolute Gasteiger partial charge is 0.367 e. The lowest BCUT2D eigenvalue weighted by atomic mass is 9.86. The van der Waals surface area contributed by atoms with Gasteiger partial charge in [-0.3, -0.25) is 9.48 Å². The third-order valence-electron chi connectivity index (χ3n) is 4.10. The van der Waals surface area contributed by atoms with Crippen molar-refractivity contribution in [1.29, 1.82) is 0 Å². The van der Waals surface area contributed by atoms with Crippen LogP contribution in [-0.2, 0) is 22.2 Å². The number of carbonyl (C=O) groups is 1. The summed E-state index contributed by atoms with van der Waals surface area (Å²) in [5, 5.41) is 4.19. The summed E-state index contributed by atoms with van der Waals surface area (Å²) in [6, 6.07) is -0.506. The van der Waals surface area contributed by atoms with E-state index < -0.39 is 11.6 Å². The molecule has 2 rings (SSSR count). The van der Waals surface area contributed by atoms with Gasteiger partial charge in [0.05, 0.1) is 25.4 Å². The molecule has 6 heteroatoms. The smallest absolute Gasteiger partial charge is 0.240 e. The SMILES string of the molecule is Cn1cc([C@@]2(C)CN(C(=O)[C@@H](N)C(C)(C)C)CCO2)cn1. The highest BCUT2D eigenvalue weighted by Crippen LogP contribution is 2.30. The first kappa shape index (κ1) is 16.0. The number of rotatable bonds is 2. The molecule has 1 aliphatic heterocycles. The summed E-state index contributed by atoms with van der Waals surface area (Å²) < 4.78 is 7.66. The van der Waals surface area contributed by atoms with Gasteiger partial charge in [0.25, 0.3) is 0 Å². The average Bonchev–Trinajstić information content (AvgIpc) is 2.83. The Labute approximate surface area is 126 Å². The van der Waals surface area contributed by atoms with Crippen LogP contribution < -0.4 is 5.73 Å². The first-order chi connectivity index (χ1) is 9.63. The Kier molecular flexibility index (Phi) is 4.13. The van der Waals surface area contributed by atoms with Crippen LogP contribution >= 0.6 is 0 Å². The molecule has 1 aliphatic rings. The van der Waals surface area contributed by atoms with Crippen molar-refractivity contribution in [2.45, 2.75) is 39.3 Å². The zero-order valence-corrected chi connectivity index (χ0v) is 13.6. The molecule has 1 amide bonds. The maximum absolute atomic E-state index is 12.6. The van der Waals surface area contributed by atoms with Gasteiger partial charge in [-0.2, -0.15) is 5.10 Å². The fourth-order valence-corrected chi connectivity index (χ4v) is 2.49. The normalized spacial score (nSPS) is 25.0. The van der Waals surface area contributed by atoms with E-state index in [0.717, 1.165) is 5.56 Å². The Morgan fingerprint density at radius 2 is 2.19 bits per heavy atom. The summed E-state index contributed by atoms with van der Waals surface area (Å²) in [5.74, 6) is -0.0130. The minimum atomic E-state index is -0.528. The van der Waals surface area contributed by atoms with E-state index in [0.29, 0.717) is 19.7 Å². The van der Waals surface area contributed by atoms with E-state index >= 15 is 0 Å². The molecule has 2 N–H and O–H groups in total. The van der Waals surface area contributed by atoms with Gasteiger partial charge in [0.1, 0.15) is 5.60 Å². The number of morpholine rings is 1. The van der Waals surface area contributed by atoms with Crippen molar-refractivity contribution in [1.82, 2.24) is 14.7 Å². The van der Waals surface area contributed by atoms with Gasteiger partial charge in [-0.05, 0) is 12.3 Å². The fraction of sp³-hybridized carbons (Fsp3) is 0.733. The van der Waals surface area contributed by atoms with Crippen molar-refractivity contribution < 1.29 is 9.53 Å². The van der Waals surface area contributed by atoms with E-state index in [9.17, 15) is 4.79 Å². The van der Waals surface area contributed by atoms with Crippen LogP contribution in [-0.4, -0.2) is 46.3 Å². The number of aromatic nitrogens is 2. The standard InChI is InChI=1S/C15H26N4O2/c1-14(2,3)12(16)13(20)19-6-7-21-15(4,10-19)11-8-17-18(5)9-11/h8-9,12H,6-7,10,16H2,1-5H3/t12-,15-/m1/s1. The quantitative estimate of drug-likeness (QED) is 0.878. The summed E-state index contributed by atoms with van der Waals surface area (Å²) in [4.78, 5) is 14.4. The molecule has 2 heterocycles. The lowest BCUT2D eigenvalue weighted by Gasteiger charge is -2.42. The Hall–Kier alpha value is -1.40. The number of hydrogen-bond acceptors (Lipinski definition) is 4. The molecule has 118 valence electrons. The second kappa shape index (κ2) is 5.42. The van der Waals surface area contributed by atoms with Crippen molar-refractivity contribution in [2.24, 2.45) is 18.2 Å². The van der Waals surface area contributed by atoms with Crippen LogP contribution in [0.4, 0.5) is 0 Å². The third-order valence-corrected chi connectivity index (χ3v) is 4.10. The average molecular weight is 294 g/mol. The Morgan fingerprint density at radius 1 is 1.52 bits per heavy atom. The zero-order chi connectivity index (χ0) is 15.8. The molecule has 1 saturated heterocycles. The van der Waals surface area contributed by atoms with Crippen LogP contribution in [0, 0.1) is 5.41 Å². The Morgan fingerprint density at radius 3 is 2.71 bits per heavy atom. The van der Waals surface area contributed by atoms with Gasteiger partial charge in [0.2, 0.25) is 5.91 Å². The van der Waals surface area contributed by atoms with E-state index in [2.05, 4.69) is 5.10 Å². The van der Waals surface area contributed by atoms with Crippen LogP contribution in [0.25, 0.3) is 0 Å². The molecular formula is C15H26N4O2. The zero-order valence-electron chi connectivity index (χ0n) is 13.6. The lowest BCUT2D eigenvalue weighted by Crippen LogP contribution is -2.57. The van der Waals surface area contributed by atoms with Gasteiger partial charge in [-0.1, -0.05) is 20.8 Å². The number of nitrogens with zero attached hydrogens (tertiary/aromatic N) is 3. The predicted octanol–water partition coefficient (Wildman–Crippen LogP) is 0.867. The number of aryl methyl sites for hydroxylation is 1. The first-order valence-corrected chi connectivity index (χ1v) is 7.31. The lowest BCUT2D eigenvalue weighted by molar-refractivity contribution is -0.153. The van der Waals surface area contributed by atoms with Gasteiger partial charge in [-0.15, -0.1) is 0 Å². The number of nitrogens with two attached hydrogens (primary N) is 1. The minimum Gasteiger partial charge on any atom is -0.367 e. The molecule has 0 bridgehead atoms. The molecule has 1 fully saturated rings. The van der Waals surface area contributed by atoms with Crippen molar-refractivity contribution in [3.05, 3.63) is 18.0 Å². The summed E-state index contributed by atoms with van der Waals surface area (Å²) in [5.41, 5.74) is 6.31. The maximum atomic E-state index is 12.6. The molecule has 0 unspecified atom stereocenters. The summed E-state index contributed by atoms with van der Waals surface area (Å²) >= 11 is 0. The van der Waals surface area contributed by atoms with Crippen LogP contribution in [0.1, 0.15) is 33.3 Å². The number of carbonyl (C=O) groups excluding carboxylic acids is 1. The number of hydrogen-bond donors (Lipinski definition) is 1. The van der Waals surface area contributed by atoms with Gasteiger partial charge >= 0.3 is 0 Å². The van der Waals surface area contributed by atoms with Gasteiger partial charge < -0.3 is 15.4 Å². The highest BCUT2D eigenvalue weighted by atomic mass is 16.5. The molecule has 1 aromatic rings. The van der Waals surface area contributed by atoms with Crippen molar-refractivity contribution >= 4 is 5.91 Å². The second-order valence-corrected chi connectivity index (χ2v) is 7.09. The van der Waals surface area contributed by atoms with E-state index in [1.54, 1.807) is 10.9 Å². The third kappa shape index (κ3) is 3.27. The van der Waals surface area contributed by atoms with E-state index in [-0.39, 0.29) is 11.3 Å². The number of amides is 1. The maximum Gasteiger partial charge on any atom is 0.240 e. The monoisotopic (exact) mass is 294 g/mol. The molecule has 0 radical (unpaired) electrons. The van der Waals surface area contributed by atoms with Crippen LogP contribution in [0.15, 0.2) is 12.4 Å². The van der Waals surface area contributed by atoms with Crippen LogP contribution in [0.3, 0.4) is 0 Å². The molecule has 0 spiro atoms. The molecule has 21 heavy (non-hydrogen) atoms. The second-order valence-electron chi connectivity index (χ2n) is 7.09. The highest BCUT2D eigenvalue weighted by Gasteiger charge is 2.39. The summed E-state index contributed by atoms with van der Waals surface area (Å²) in [6.45, 7) is 9.53. The minimum absolute atomic E-state index is 0.0130. The molecule has 0 aromatic carbocycles. The molecule has 2 atom stereocenters. The fourth-order valence-electron chi connectivity index (χ4n) is 2.49. The van der Waals surface area contributed by atoms with Gasteiger partial charge in [-0.25, -0.2) is 0 Å². The first-order valence-electron chi connectivity index (χ1n) is 7.31. The molecule has 6 nitrogen and oxygen atoms in total. The van der Waals surface area contributed by atoms with Gasteiger partial charge in [0, 0.05) is 25.4 Å². The van der Waals surface area contributed by atoms with Crippen LogP contribution in [0.2, 0.25) is 0 Å². The van der Waals surface area contributed by atoms with Crippen molar-refractivity contribution in [2.75, 3.05) is 19.7 Å². The van der Waals surface area contributed by atoms with Gasteiger partial charge in [0.15, 0.2) is 0 Å². The van der Waals surface area contributed by atoms with E-state index in [1.807, 2.05) is 45.8 Å². The molecular weight excluding hydrogens is 268 g/mol. The summed E-state index contributed by atoms with van der Waals surface area (Å²) in [6.07, 6.45) is 3.72. The van der Waals surface area contributed by atoms with Crippen LogP contribution in [0.5, 0.6) is 0 Å². The Bertz CT molecular complexity index is 520. The predicted molar refractivity (Wildman–Crippen MR) is 80.5 cm³/mol. The number of ether oxygens (including phenoxy) is 1.